The van der Waals surface area contributed by atoms with Gasteiger partial charge in [-0.1, -0.05) is 30.3 Å². The van der Waals surface area contributed by atoms with Gasteiger partial charge in [0.05, 0.1) is 10.5 Å². The number of piperidine rings is 1. The Bertz CT molecular complexity index is 1120. The molecule has 1 spiro atoms. The molecule has 0 aliphatic carbocycles. The number of carboxylic acids is 1. The number of hydrogen-bond donors (Lipinski definition) is 1. The minimum Gasteiger partial charge on any atom is -0.475 e. The SMILES string of the molecule is Cc1ccc(C(=O)N2CCC3(CC2)CN(C)CC(C(=O)N(C)Cc2ccccc2)O3)s1.O=C(O)C(F)(F)F. The summed E-state index contributed by atoms with van der Waals surface area (Å²) >= 11 is 1.54. The number of halogens is 3. The van der Waals surface area contributed by atoms with Gasteiger partial charge in [0, 0.05) is 44.6 Å². The van der Waals surface area contributed by atoms with E-state index in [-0.39, 0.29) is 17.4 Å². The van der Waals surface area contributed by atoms with Crippen molar-refractivity contribution < 1.29 is 37.4 Å². The van der Waals surface area contributed by atoms with Crippen molar-refractivity contribution in [1.29, 1.82) is 0 Å². The fraction of sp³-hybridized carbons (Fsp3) is 0.500. The summed E-state index contributed by atoms with van der Waals surface area (Å²) in [6, 6.07) is 13.9. The van der Waals surface area contributed by atoms with E-state index in [9.17, 15) is 22.8 Å². The number of morpholine rings is 1. The normalized spacial score (nSPS) is 19.4. The van der Waals surface area contributed by atoms with Crippen molar-refractivity contribution in [2.75, 3.05) is 40.3 Å². The molecule has 38 heavy (non-hydrogen) atoms. The Kier molecular flexibility index (Phi) is 9.55. The van der Waals surface area contributed by atoms with Gasteiger partial charge in [-0.3, -0.25) is 9.59 Å². The lowest BCUT2D eigenvalue weighted by atomic mass is 9.88. The van der Waals surface area contributed by atoms with Crippen molar-refractivity contribution in [2.24, 2.45) is 0 Å². The number of benzene rings is 1. The van der Waals surface area contributed by atoms with E-state index in [4.69, 9.17) is 14.6 Å². The quantitative estimate of drug-likeness (QED) is 0.620. The van der Waals surface area contributed by atoms with E-state index in [1.807, 2.05) is 68.4 Å². The van der Waals surface area contributed by atoms with Crippen molar-refractivity contribution >= 4 is 29.1 Å². The van der Waals surface area contributed by atoms with Crippen LogP contribution in [-0.4, -0.2) is 95.7 Å². The number of aryl methyl sites for hydroxylation is 1. The first kappa shape index (κ1) is 29.6. The molecule has 2 aromatic rings. The van der Waals surface area contributed by atoms with E-state index < -0.39 is 18.2 Å². The van der Waals surface area contributed by atoms with Gasteiger partial charge in [0.25, 0.3) is 11.8 Å². The Morgan fingerprint density at radius 2 is 1.74 bits per heavy atom. The number of carboxylic acid groups (broad SMARTS) is 1. The van der Waals surface area contributed by atoms with Crippen LogP contribution >= 0.6 is 11.3 Å². The monoisotopic (exact) mass is 555 g/mol. The largest absolute Gasteiger partial charge is 0.490 e. The van der Waals surface area contributed by atoms with Crippen LogP contribution in [0.4, 0.5) is 13.2 Å². The van der Waals surface area contributed by atoms with Crippen LogP contribution in [0.1, 0.15) is 33.0 Å². The standard InChI is InChI=1S/C24H31N3O3S.C2HF3O2/c1-18-9-10-21(31-18)23(29)27-13-11-24(12-14-27)17-25(2)16-20(30-24)22(28)26(3)15-19-7-5-4-6-8-19;3-2(4,5)1(6)7/h4-10,20H,11-17H2,1-3H3;(H,6,7). The van der Waals surface area contributed by atoms with Crippen molar-refractivity contribution in [2.45, 2.75) is 44.2 Å². The first-order valence-electron chi connectivity index (χ1n) is 12.1. The van der Waals surface area contributed by atoms with Gasteiger partial charge in [-0.05, 0) is 44.5 Å². The molecule has 0 bridgehead atoms. The van der Waals surface area contributed by atoms with E-state index in [1.165, 1.54) is 0 Å². The Hall–Kier alpha value is -2.96. The summed E-state index contributed by atoms with van der Waals surface area (Å²) in [7, 11) is 3.89. The molecular weight excluding hydrogens is 523 g/mol. The summed E-state index contributed by atoms with van der Waals surface area (Å²) in [5, 5.41) is 7.12. The molecule has 1 aromatic carbocycles. The van der Waals surface area contributed by atoms with Crippen LogP contribution in [-0.2, 0) is 20.9 Å². The number of rotatable bonds is 4. The highest BCUT2D eigenvalue weighted by molar-refractivity contribution is 7.13. The van der Waals surface area contributed by atoms with E-state index in [1.54, 1.807) is 16.2 Å². The predicted molar refractivity (Wildman–Crippen MR) is 136 cm³/mol. The van der Waals surface area contributed by atoms with Gasteiger partial charge in [-0.2, -0.15) is 13.2 Å². The van der Waals surface area contributed by atoms with Crippen LogP contribution in [0.5, 0.6) is 0 Å². The number of nitrogens with zero attached hydrogens (tertiary/aromatic N) is 3. The summed E-state index contributed by atoms with van der Waals surface area (Å²) in [4.78, 5) is 42.7. The van der Waals surface area contributed by atoms with E-state index >= 15 is 0 Å². The van der Waals surface area contributed by atoms with Crippen LogP contribution in [0.25, 0.3) is 0 Å². The highest BCUT2D eigenvalue weighted by Gasteiger charge is 2.45. The van der Waals surface area contributed by atoms with Crippen LogP contribution in [0.2, 0.25) is 0 Å². The molecule has 0 radical (unpaired) electrons. The Balaban J connectivity index is 0.000000505. The molecule has 12 heteroatoms. The summed E-state index contributed by atoms with van der Waals surface area (Å²) in [6.07, 6.45) is -4.06. The van der Waals surface area contributed by atoms with Gasteiger partial charge in [0.2, 0.25) is 0 Å². The first-order chi connectivity index (χ1) is 17.8. The molecule has 8 nitrogen and oxygen atoms in total. The number of hydrogen-bond acceptors (Lipinski definition) is 6. The summed E-state index contributed by atoms with van der Waals surface area (Å²) in [5.41, 5.74) is 0.733. The molecule has 2 saturated heterocycles. The minimum atomic E-state index is -5.08. The second kappa shape index (κ2) is 12.3. The van der Waals surface area contributed by atoms with Gasteiger partial charge in [0.15, 0.2) is 0 Å². The smallest absolute Gasteiger partial charge is 0.475 e. The highest BCUT2D eigenvalue weighted by Crippen LogP contribution is 2.33. The van der Waals surface area contributed by atoms with Crippen LogP contribution in [0, 0.1) is 6.92 Å². The molecule has 1 N–H and O–H groups in total. The van der Waals surface area contributed by atoms with E-state index in [2.05, 4.69) is 4.90 Å². The Morgan fingerprint density at radius 3 is 2.26 bits per heavy atom. The Labute approximate surface area is 223 Å². The predicted octanol–water partition coefficient (Wildman–Crippen LogP) is 3.65. The van der Waals surface area contributed by atoms with Crippen molar-refractivity contribution in [3.8, 4) is 0 Å². The molecular formula is C26H32F3N3O5S. The average molecular weight is 556 g/mol. The van der Waals surface area contributed by atoms with Crippen LogP contribution in [0.15, 0.2) is 42.5 Å². The molecule has 1 unspecified atom stereocenters. The summed E-state index contributed by atoms with van der Waals surface area (Å²) in [5.74, 6) is -2.64. The lowest BCUT2D eigenvalue weighted by Gasteiger charge is -2.49. The van der Waals surface area contributed by atoms with Crippen molar-refractivity contribution in [1.82, 2.24) is 14.7 Å². The topological polar surface area (TPSA) is 90.4 Å². The highest BCUT2D eigenvalue weighted by atomic mass is 32.1. The van der Waals surface area contributed by atoms with E-state index in [0.717, 1.165) is 34.7 Å². The zero-order valence-corrected chi connectivity index (χ0v) is 22.3. The second-order valence-corrected chi connectivity index (χ2v) is 11.0. The third-order valence-electron chi connectivity index (χ3n) is 6.50. The number of thiophene rings is 1. The summed E-state index contributed by atoms with van der Waals surface area (Å²) in [6.45, 7) is 5.29. The number of amides is 2. The molecule has 2 fully saturated rings. The molecule has 208 valence electrons. The maximum absolute atomic E-state index is 13.1. The van der Waals surface area contributed by atoms with Crippen LogP contribution < -0.4 is 0 Å². The van der Waals surface area contributed by atoms with Crippen molar-refractivity contribution in [3.05, 3.63) is 57.8 Å². The third kappa shape index (κ3) is 7.78. The fourth-order valence-electron chi connectivity index (χ4n) is 4.62. The maximum Gasteiger partial charge on any atom is 0.490 e. The van der Waals surface area contributed by atoms with Gasteiger partial charge in [-0.25, -0.2) is 4.79 Å². The van der Waals surface area contributed by atoms with Gasteiger partial charge < -0.3 is 24.5 Å². The maximum atomic E-state index is 13.1. The third-order valence-corrected chi connectivity index (χ3v) is 7.49. The molecule has 1 aromatic heterocycles. The van der Waals surface area contributed by atoms with Gasteiger partial charge >= 0.3 is 12.1 Å². The number of ether oxygens (including phenoxy) is 1. The number of carbonyl (C=O) groups excluding carboxylic acids is 2. The van der Waals surface area contributed by atoms with Gasteiger partial charge in [-0.15, -0.1) is 11.3 Å². The lowest BCUT2D eigenvalue weighted by molar-refractivity contribution is -0.192. The summed E-state index contributed by atoms with van der Waals surface area (Å²) < 4.78 is 38.2. The fourth-order valence-corrected chi connectivity index (χ4v) is 5.46. The number of likely N-dealkylation sites (N-methyl/N-ethyl adjacent to an activating group) is 2. The number of carbonyl (C=O) groups is 3. The first-order valence-corrected chi connectivity index (χ1v) is 12.9. The number of aliphatic carboxylic acids is 1. The molecule has 2 aliphatic heterocycles. The molecule has 0 saturated carbocycles. The van der Waals surface area contributed by atoms with Crippen molar-refractivity contribution in [3.63, 3.8) is 0 Å². The molecule has 2 aliphatic rings. The Morgan fingerprint density at radius 1 is 1.13 bits per heavy atom. The van der Waals surface area contributed by atoms with Crippen LogP contribution in [0.3, 0.4) is 0 Å². The molecule has 4 rings (SSSR count). The average Bonchev–Trinajstić information content (AvgIpc) is 3.30. The molecule has 2 amide bonds. The molecule has 3 heterocycles. The number of likely N-dealkylation sites (tertiary alicyclic amines) is 1. The second-order valence-electron chi connectivity index (χ2n) is 9.67. The van der Waals surface area contributed by atoms with E-state index in [0.29, 0.717) is 26.2 Å². The zero-order chi connectivity index (χ0) is 28.1. The minimum absolute atomic E-state index is 0.0161. The zero-order valence-electron chi connectivity index (χ0n) is 21.5. The molecule has 1 atom stereocenters. The van der Waals surface area contributed by atoms with Gasteiger partial charge in [0.1, 0.15) is 6.10 Å². The number of alkyl halides is 3. The lowest BCUT2D eigenvalue weighted by Crippen LogP contribution is -2.61.